The topological polar surface area (TPSA) is 43.1 Å². The monoisotopic (exact) mass is 437 g/mol. The van der Waals surface area contributed by atoms with E-state index in [0.717, 1.165) is 21.6 Å². The Bertz CT molecular complexity index is 1150. The third-order valence-electron chi connectivity index (χ3n) is 4.70. The van der Waals surface area contributed by atoms with Crippen LogP contribution >= 0.6 is 34.5 Å². The summed E-state index contributed by atoms with van der Waals surface area (Å²) in [6.45, 7) is 0. The maximum Gasteiger partial charge on any atom is 0.196 e. The minimum absolute atomic E-state index is 0.0958. The first-order valence-electron chi connectivity index (χ1n) is 9.04. The molecule has 29 heavy (non-hydrogen) atoms. The minimum Gasteiger partial charge on any atom is -0.390 e. The van der Waals surface area contributed by atoms with Crippen LogP contribution in [0.25, 0.3) is 10.4 Å². The van der Waals surface area contributed by atoms with Gasteiger partial charge in [0, 0.05) is 20.5 Å². The molecule has 2 nitrogen and oxygen atoms in total. The largest absolute Gasteiger partial charge is 0.390 e. The average Bonchev–Trinajstić information content (AvgIpc) is 3.05. The van der Waals surface area contributed by atoms with Crippen molar-refractivity contribution >= 4 is 45.3 Å². The van der Waals surface area contributed by atoms with Crippen molar-refractivity contribution < 1.29 is 4.79 Å². The Morgan fingerprint density at radius 1 is 0.828 bits per heavy atom. The van der Waals surface area contributed by atoms with Crippen molar-refractivity contribution in [3.63, 3.8) is 0 Å². The molecule has 0 fully saturated rings. The van der Waals surface area contributed by atoms with E-state index >= 15 is 0 Å². The van der Waals surface area contributed by atoms with Gasteiger partial charge in [0.15, 0.2) is 5.78 Å². The van der Waals surface area contributed by atoms with Crippen LogP contribution in [0.5, 0.6) is 0 Å². The summed E-state index contributed by atoms with van der Waals surface area (Å²) in [5, 5.41) is 1.77. The van der Waals surface area contributed by atoms with Gasteiger partial charge in [0.05, 0.1) is 10.6 Å². The number of carbonyl (C=O) groups excluding carboxylic acids is 1. The summed E-state index contributed by atoms with van der Waals surface area (Å²) in [6.07, 6.45) is 0.612. The molecule has 4 rings (SSSR count). The van der Waals surface area contributed by atoms with E-state index in [9.17, 15) is 4.79 Å². The fraction of sp³-hybridized carbons (Fsp3) is 0.0417. The number of anilines is 1. The van der Waals surface area contributed by atoms with Crippen molar-refractivity contribution in [2.45, 2.75) is 6.42 Å². The molecule has 5 heteroatoms. The Balaban J connectivity index is 1.86. The van der Waals surface area contributed by atoms with Gasteiger partial charge in [0.2, 0.25) is 0 Å². The van der Waals surface area contributed by atoms with Gasteiger partial charge in [0.25, 0.3) is 0 Å². The number of thiophene rings is 1. The van der Waals surface area contributed by atoms with Crippen molar-refractivity contribution in [2.75, 3.05) is 5.73 Å². The maximum atomic E-state index is 13.4. The first-order valence-corrected chi connectivity index (χ1v) is 10.6. The lowest BCUT2D eigenvalue weighted by atomic mass is 9.94. The highest BCUT2D eigenvalue weighted by Gasteiger charge is 2.24. The van der Waals surface area contributed by atoms with Crippen LogP contribution in [0.1, 0.15) is 27.0 Å². The van der Waals surface area contributed by atoms with Gasteiger partial charge in [-0.1, -0.05) is 65.7 Å². The molecule has 2 N–H and O–H groups in total. The Morgan fingerprint density at radius 3 is 2.03 bits per heavy atom. The number of hydrogen-bond donors (Lipinski definition) is 1. The smallest absolute Gasteiger partial charge is 0.196 e. The molecule has 0 amide bonds. The molecule has 0 atom stereocenters. The number of ketones is 1. The number of nitrogen functional groups attached to an aromatic ring is 1. The van der Waals surface area contributed by atoms with Crippen LogP contribution in [0.4, 0.5) is 5.00 Å². The third kappa shape index (κ3) is 4.23. The molecular weight excluding hydrogens is 421 g/mol. The van der Waals surface area contributed by atoms with E-state index in [0.29, 0.717) is 32.6 Å². The molecule has 4 aromatic rings. The lowest BCUT2D eigenvalue weighted by molar-refractivity contribution is 0.103. The van der Waals surface area contributed by atoms with Gasteiger partial charge < -0.3 is 5.73 Å². The zero-order valence-corrected chi connectivity index (χ0v) is 17.7. The molecule has 144 valence electrons. The molecule has 1 heterocycles. The van der Waals surface area contributed by atoms with E-state index in [-0.39, 0.29) is 5.78 Å². The van der Waals surface area contributed by atoms with Crippen molar-refractivity contribution in [1.29, 1.82) is 0 Å². The van der Waals surface area contributed by atoms with Crippen LogP contribution < -0.4 is 5.73 Å². The summed E-state index contributed by atoms with van der Waals surface area (Å²) in [6, 6.07) is 24.6. The van der Waals surface area contributed by atoms with E-state index in [1.165, 1.54) is 11.3 Å². The number of halogens is 2. The van der Waals surface area contributed by atoms with Gasteiger partial charge >= 0.3 is 0 Å². The van der Waals surface area contributed by atoms with Gasteiger partial charge in [-0.15, -0.1) is 11.3 Å². The quantitative estimate of drug-likeness (QED) is 0.337. The third-order valence-corrected chi connectivity index (χ3v) is 6.31. The van der Waals surface area contributed by atoms with E-state index in [4.69, 9.17) is 28.9 Å². The van der Waals surface area contributed by atoms with Crippen molar-refractivity contribution in [3.05, 3.63) is 111 Å². The predicted molar refractivity (Wildman–Crippen MR) is 123 cm³/mol. The number of benzene rings is 3. The molecular formula is C24H17Cl2NOS. The van der Waals surface area contributed by atoms with E-state index in [2.05, 4.69) is 12.1 Å². The Kier molecular flexibility index (Phi) is 5.72. The van der Waals surface area contributed by atoms with Crippen LogP contribution in [0.3, 0.4) is 0 Å². The SMILES string of the molecule is Nc1sc(-c2ccc(Cl)cc2)c(Cc2ccccc2)c1C(=O)c1ccc(Cl)cc1. The Hall–Kier alpha value is -2.59. The molecule has 3 aromatic carbocycles. The summed E-state index contributed by atoms with van der Waals surface area (Å²) in [7, 11) is 0. The Morgan fingerprint density at radius 2 is 1.41 bits per heavy atom. The maximum absolute atomic E-state index is 13.4. The van der Waals surface area contributed by atoms with Gasteiger partial charge in [-0.3, -0.25) is 4.79 Å². The second kappa shape index (κ2) is 8.42. The highest BCUT2D eigenvalue weighted by atomic mass is 35.5. The van der Waals surface area contributed by atoms with E-state index in [1.807, 2.05) is 42.5 Å². The first kappa shape index (κ1) is 19.7. The lowest BCUT2D eigenvalue weighted by Crippen LogP contribution is -2.07. The van der Waals surface area contributed by atoms with Crippen LogP contribution in [-0.2, 0) is 6.42 Å². The molecule has 0 saturated heterocycles. The van der Waals surface area contributed by atoms with Crippen molar-refractivity contribution in [3.8, 4) is 10.4 Å². The molecule has 0 aliphatic carbocycles. The number of rotatable bonds is 5. The molecule has 0 aliphatic heterocycles. The van der Waals surface area contributed by atoms with Gasteiger partial charge in [-0.25, -0.2) is 0 Å². The molecule has 0 saturated carbocycles. The van der Waals surface area contributed by atoms with E-state index in [1.54, 1.807) is 24.3 Å². The average molecular weight is 438 g/mol. The highest BCUT2D eigenvalue weighted by Crippen LogP contribution is 2.41. The second-order valence-electron chi connectivity index (χ2n) is 6.65. The van der Waals surface area contributed by atoms with Crippen LogP contribution in [0, 0.1) is 0 Å². The Labute approximate surface area is 183 Å². The molecule has 0 spiro atoms. The lowest BCUT2D eigenvalue weighted by Gasteiger charge is -2.09. The highest BCUT2D eigenvalue weighted by molar-refractivity contribution is 7.20. The normalized spacial score (nSPS) is 10.8. The number of nitrogens with two attached hydrogens (primary N) is 1. The zero-order valence-electron chi connectivity index (χ0n) is 15.4. The summed E-state index contributed by atoms with van der Waals surface area (Å²) in [4.78, 5) is 14.3. The summed E-state index contributed by atoms with van der Waals surface area (Å²) in [5.41, 5.74) is 10.5. The molecule has 0 aliphatic rings. The molecule has 0 radical (unpaired) electrons. The minimum atomic E-state index is -0.0958. The fourth-order valence-corrected chi connectivity index (χ4v) is 4.62. The molecule has 0 bridgehead atoms. The standard InChI is InChI=1S/C24H17Cl2NOS/c25-18-10-6-16(7-11-18)22(28)21-20(14-15-4-2-1-3-5-15)23(29-24(21)27)17-8-12-19(26)13-9-17/h1-13H,14,27H2. The van der Waals surface area contributed by atoms with Crippen molar-refractivity contribution in [2.24, 2.45) is 0 Å². The van der Waals surface area contributed by atoms with Gasteiger partial charge in [-0.2, -0.15) is 0 Å². The van der Waals surface area contributed by atoms with Gasteiger partial charge in [0.1, 0.15) is 0 Å². The predicted octanol–water partition coefficient (Wildman–Crippen LogP) is 7.13. The molecule has 0 unspecified atom stereocenters. The van der Waals surface area contributed by atoms with Crippen LogP contribution in [-0.4, -0.2) is 5.78 Å². The molecule has 1 aromatic heterocycles. The first-order chi connectivity index (χ1) is 14.0. The van der Waals surface area contributed by atoms with Gasteiger partial charge in [-0.05, 0) is 59.5 Å². The van der Waals surface area contributed by atoms with Crippen molar-refractivity contribution in [1.82, 2.24) is 0 Å². The summed E-state index contributed by atoms with van der Waals surface area (Å²) < 4.78 is 0. The second-order valence-corrected chi connectivity index (χ2v) is 8.58. The van der Waals surface area contributed by atoms with Crippen LogP contribution in [0.15, 0.2) is 78.9 Å². The summed E-state index contributed by atoms with van der Waals surface area (Å²) in [5.74, 6) is -0.0958. The fourth-order valence-electron chi connectivity index (χ4n) is 3.28. The summed E-state index contributed by atoms with van der Waals surface area (Å²) >= 11 is 13.5. The zero-order chi connectivity index (χ0) is 20.4. The van der Waals surface area contributed by atoms with Crippen LogP contribution in [0.2, 0.25) is 10.0 Å². The number of hydrogen-bond acceptors (Lipinski definition) is 3. The number of carbonyl (C=O) groups is 1. The van der Waals surface area contributed by atoms with E-state index < -0.39 is 0 Å².